The third-order valence-electron chi connectivity index (χ3n) is 2.68. The highest BCUT2D eigenvalue weighted by Gasteiger charge is 2.00. The molecule has 0 atom stereocenters. The van der Waals surface area contributed by atoms with E-state index >= 15 is 0 Å². The van der Waals surface area contributed by atoms with E-state index < -0.39 is 11.6 Å². The van der Waals surface area contributed by atoms with E-state index in [4.69, 9.17) is 0 Å². The van der Waals surface area contributed by atoms with Gasteiger partial charge < -0.3 is 5.32 Å². The second-order valence-electron chi connectivity index (χ2n) is 4.16. The molecular weight excluding hydrogens is 252 g/mol. The lowest BCUT2D eigenvalue weighted by Crippen LogP contribution is -2.20. The van der Waals surface area contributed by atoms with Crippen molar-refractivity contribution < 1.29 is 8.78 Å². The fraction of sp³-hybridized carbons (Fsp3) is 0.286. The van der Waals surface area contributed by atoms with Crippen molar-refractivity contribution in [2.45, 2.75) is 12.8 Å². The molecule has 0 amide bonds. The number of halogens is 2. The topological polar surface area (TPSA) is 12.0 Å². The lowest BCUT2D eigenvalue weighted by molar-refractivity contribution is 0.577. The van der Waals surface area contributed by atoms with E-state index in [1.807, 2.05) is 0 Å². The van der Waals surface area contributed by atoms with Crippen molar-refractivity contribution in [3.63, 3.8) is 0 Å². The molecule has 0 bridgehead atoms. The first kappa shape index (κ1) is 13.2. The average Bonchev–Trinajstić information content (AvgIpc) is 2.80. The highest BCUT2D eigenvalue weighted by atomic mass is 32.1. The largest absolute Gasteiger partial charge is 0.316 e. The highest BCUT2D eigenvalue weighted by molar-refractivity contribution is 7.07. The van der Waals surface area contributed by atoms with Crippen LogP contribution in [0.15, 0.2) is 35.0 Å². The van der Waals surface area contributed by atoms with E-state index in [0.29, 0.717) is 12.0 Å². The number of benzene rings is 1. The smallest absolute Gasteiger partial charge is 0.126 e. The number of thiophene rings is 1. The maximum atomic E-state index is 12.9. The Balaban J connectivity index is 1.68. The number of hydrogen-bond acceptors (Lipinski definition) is 2. The number of nitrogens with one attached hydrogen (secondary N) is 1. The van der Waals surface area contributed by atoms with Gasteiger partial charge >= 0.3 is 0 Å². The van der Waals surface area contributed by atoms with Crippen LogP contribution in [-0.4, -0.2) is 13.1 Å². The highest BCUT2D eigenvalue weighted by Crippen LogP contribution is 2.08. The SMILES string of the molecule is Fc1cc(F)cc(CCNCCc2ccsc2)c1. The van der Waals surface area contributed by atoms with Gasteiger partial charge in [0.05, 0.1) is 0 Å². The van der Waals surface area contributed by atoms with Gasteiger partial charge in [-0.05, 0) is 66.0 Å². The normalized spacial score (nSPS) is 10.8. The van der Waals surface area contributed by atoms with Crippen LogP contribution in [0.1, 0.15) is 11.1 Å². The zero-order valence-corrected chi connectivity index (χ0v) is 10.8. The molecule has 0 spiro atoms. The molecule has 4 heteroatoms. The molecule has 1 nitrogen and oxygen atoms in total. The quantitative estimate of drug-likeness (QED) is 0.791. The molecule has 2 rings (SSSR count). The van der Waals surface area contributed by atoms with Gasteiger partial charge in [0.15, 0.2) is 0 Å². The minimum Gasteiger partial charge on any atom is -0.316 e. The lowest BCUT2D eigenvalue weighted by Gasteiger charge is -2.04. The number of rotatable bonds is 6. The van der Waals surface area contributed by atoms with Crippen LogP contribution in [0.2, 0.25) is 0 Å². The van der Waals surface area contributed by atoms with Gasteiger partial charge in [-0.15, -0.1) is 0 Å². The molecule has 0 saturated carbocycles. The van der Waals surface area contributed by atoms with Gasteiger partial charge in [-0.2, -0.15) is 11.3 Å². The van der Waals surface area contributed by atoms with Gasteiger partial charge in [-0.1, -0.05) is 0 Å². The Kier molecular flexibility index (Phi) is 4.84. The second-order valence-corrected chi connectivity index (χ2v) is 4.94. The standard InChI is InChI=1S/C14H15F2NS/c15-13-7-12(8-14(16)9-13)2-5-17-4-1-11-3-6-18-10-11/h3,6-10,17H,1-2,4-5H2. The van der Waals surface area contributed by atoms with Crippen molar-refractivity contribution in [3.8, 4) is 0 Å². The maximum absolute atomic E-state index is 12.9. The second kappa shape index (κ2) is 6.61. The zero-order chi connectivity index (χ0) is 12.8. The van der Waals surface area contributed by atoms with E-state index in [-0.39, 0.29) is 0 Å². The molecule has 0 saturated heterocycles. The van der Waals surface area contributed by atoms with E-state index in [1.54, 1.807) is 11.3 Å². The predicted molar refractivity (Wildman–Crippen MR) is 71.0 cm³/mol. The van der Waals surface area contributed by atoms with Gasteiger partial charge in [0.1, 0.15) is 11.6 Å². The molecule has 0 radical (unpaired) electrons. The van der Waals surface area contributed by atoms with Crippen LogP contribution < -0.4 is 5.32 Å². The lowest BCUT2D eigenvalue weighted by atomic mass is 10.1. The minimum absolute atomic E-state index is 0.511. The van der Waals surface area contributed by atoms with Crippen LogP contribution in [0.4, 0.5) is 8.78 Å². The summed E-state index contributed by atoms with van der Waals surface area (Å²) in [5.41, 5.74) is 2.01. The molecule has 1 aromatic carbocycles. The molecule has 1 heterocycles. The summed E-state index contributed by atoms with van der Waals surface area (Å²) in [5, 5.41) is 7.46. The Morgan fingerprint density at radius 3 is 2.22 bits per heavy atom. The summed E-state index contributed by atoms with van der Waals surface area (Å²) >= 11 is 1.69. The Bertz CT molecular complexity index is 462. The molecular formula is C14H15F2NS. The third kappa shape index (κ3) is 4.20. The van der Waals surface area contributed by atoms with E-state index in [2.05, 4.69) is 22.1 Å². The molecule has 96 valence electrons. The molecule has 0 aliphatic carbocycles. The summed E-state index contributed by atoms with van der Waals surface area (Å²) in [4.78, 5) is 0. The van der Waals surface area contributed by atoms with Crippen molar-refractivity contribution in [1.29, 1.82) is 0 Å². The van der Waals surface area contributed by atoms with Crippen LogP contribution in [0.25, 0.3) is 0 Å². The first-order chi connectivity index (χ1) is 8.74. The molecule has 1 N–H and O–H groups in total. The van der Waals surface area contributed by atoms with Crippen molar-refractivity contribution in [2.24, 2.45) is 0 Å². The molecule has 2 aromatic rings. The number of hydrogen-bond donors (Lipinski definition) is 1. The Labute approximate surface area is 109 Å². The summed E-state index contributed by atoms with van der Waals surface area (Å²) in [7, 11) is 0. The van der Waals surface area contributed by atoms with Crippen LogP contribution >= 0.6 is 11.3 Å². The van der Waals surface area contributed by atoms with E-state index in [9.17, 15) is 8.78 Å². The molecule has 0 aliphatic rings. The van der Waals surface area contributed by atoms with Gasteiger partial charge in [0.2, 0.25) is 0 Å². The van der Waals surface area contributed by atoms with Gasteiger partial charge in [-0.25, -0.2) is 8.78 Å². The van der Waals surface area contributed by atoms with Gasteiger partial charge in [-0.3, -0.25) is 0 Å². The Hall–Kier alpha value is -1.26. The molecule has 18 heavy (non-hydrogen) atoms. The molecule has 0 unspecified atom stereocenters. The van der Waals surface area contributed by atoms with E-state index in [0.717, 1.165) is 25.6 Å². The van der Waals surface area contributed by atoms with Crippen molar-refractivity contribution in [3.05, 3.63) is 57.8 Å². The van der Waals surface area contributed by atoms with Crippen LogP contribution in [0, 0.1) is 11.6 Å². The summed E-state index contributed by atoms with van der Waals surface area (Å²) in [5.74, 6) is -1.02. The summed E-state index contributed by atoms with van der Waals surface area (Å²) in [6, 6.07) is 5.76. The van der Waals surface area contributed by atoms with Crippen LogP contribution in [0.5, 0.6) is 0 Å². The Morgan fingerprint density at radius 2 is 1.61 bits per heavy atom. The van der Waals surface area contributed by atoms with Crippen LogP contribution in [0.3, 0.4) is 0 Å². The minimum atomic E-state index is -0.511. The monoisotopic (exact) mass is 267 g/mol. The maximum Gasteiger partial charge on any atom is 0.126 e. The predicted octanol–water partition coefficient (Wildman–Crippen LogP) is 3.40. The fourth-order valence-corrected chi connectivity index (χ4v) is 2.48. The molecule has 1 aromatic heterocycles. The fourth-order valence-electron chi connectivity index (χ4n) is 1.78. The van der Waals surface area contributed by atoms with Crippen molar-refractivity contribution in [2.75, 3.05) is 13.1 Å². The average molecular weight is 267 g/mol. The first-order valence-corrected chi connectivity index (χ1v) is 6.85. The molecule has 0 fully saturated rings. The van der Waals surface area contributed by atoms with Gasteiger partial charge in [0.25, 0.3) is 0 Å². The molecule has 0 aliphatic heterocycles. The Morgan fingerprint density at radius 1 is 0.944 bits per heavy atom. The summed E-state index contributed by atoms with van der Waals surface area (Å²) in [6.07, 6.45) is 1.62. The van der Waals surface area contributed by atoms with Crippen molar-refractivity contribution >= 4 is 11.3 Å². The zero-order valence-electron chi connectivity index (χ0n) is 9.96. The van der Waals surface area contributed by atoms with Crippen molar-refractivity contribution in [1.82, 2.24) is 5.32 Å². The third-order valence-corrected chi connectivity index (χ3v) is 3.42. The summed E-state index contributed by atoms with van der Waals surface area (Å²) < 4.78 is 25.9. The van der Waals surface area contributed by atoms with E-state index in [1.165, 1.54) is 17.7 Å². The summed E-state index contributed by atoms with van der Waals surface area (Å²) in [6.45, 7) is 1.61. The first-order valence-electron chi connectivity index (χ1n) is 5.91. The van der Waals surface area contributed by atoms with Crippen LogP contribution in [-0.2, 0) is 12.8 Å². The van der Waals surface area contributed by atoms with Gasteiger partial charge in [0, 0.05) is 6.07 Å².